The fourth-order valence-corrected chi connectivity index (χ4v) is 2.91. The molecule has 20 heavy (non-hydrogen) atoms. The number of rotatable bonds is 5. The van der Waals surface area contributed by atoms with Gasteiger partial charge in [-0.3, -0.25) is 4.79 Å². The van der Waals surface area contributed by atoms with E-state index in [0.29, 0.717) is 13.2 Å². The third-order valence-electron chi connectivity index (χ3n) is 3.92. The summed E-state index contributed by atoms with van der Waals surface area (Å²) in [7, 11) is 1.67. The minimum absolute atomic E-state index is 0.0911. The normalized spacial score (nSPS) is 19.2. The molecule has 1 heterocycles. The average Bonchev–Trinajstić information content (AvgIpc) is 2.47. The summed E-state index contributed by atoms with van der Waals surface area (Å²) in [4.78, 5) is 14.7. The lowest BCUT2D eigenvalue weighted by atomic mass is 9.93. The second-order valence-corrected chi connectivity index (χ2v) is 5.26. The smallest absolute Gasteiger partial charge is 0.244 e. The van der Waals surface area contributed by atoms with Crippen LogP contribution in [0.3, 0.4) is 0 Å². The molecule has 0 aromatic heterocycles. The number of fused-ring (bicyclic) bond motifs is 1. The summed E-state index contributed by atoms with van der Waals surface area (Å²) >= 11 is 0. The number of methoxy groups -OCH3 is 1. The van der Waals surface area contributed by atoms with Gasteiger partial charge in [-0.05, 0) is 31.4 Å². The number of amides is 1. The molecule has 1 aliphatic heterocycles. The molecule has 110 valence electrons. The van der Waals surface area contributed by atoms with Crippen molar-refractivity contribution < 1.29 is 9.53 Å². The van der Waals surface area contributed by atoms with Crippen molar-refractivity contribution in [3.05, 3.63) is 35.4 Å². The third kappa shape index (κ3) is 3.02. The molecule has 1 aliphatic rings. The first kappa shape index (κ1) is 15.0. The third-order valence-corrected chi connectivity index (χ3v) is 3.92. The van der Waals surface area contributed by atoms with Crippen LogP contribution in [0.1, 0.15) is 31.0 Å². The van der Waals surface area contributed by atoms with Crippen LogP contribution in [0.2, 0.25) is 0 Å². The van der Waals surface area contributed by atoms with E-state index in [2.05, 4.69) is 17.4 Å². The van der Waals surface area contributed by atoms with Crippen LogP contribution in [0, 0.1) is 0 Å². The number of benzene rings is 1. The summed E-state index contributed by atoms with van der Waals surface area (Å²) < 4.78 is 5.18. The minimum Gasteiger partial charge on any atom is -0.383 e. The SMILES string of the molecule is CCN(C(=O)C1NCCc2ccccc21)C(C)COC. The molecule has 4 nitrogen and oxygen atoms in total. The van der Waals surface area contributed by atoms with E-state index >= 15 is 0 Å². The number of carbonyl (C=O) groups excluding carboxylic acids is 1. The lowest BCUT2D eigenvalue weighted by Gasteiger charge is -2.34. The van der Waals surface area contributed by atoms with Gasteiger partial charge in [0.25, 0.3) is 0 Å². The maximum Gasteiger partial charge on any atom is 0.244 e. The van der Waals surface area contributed by atoms with Crippen LogP contribution >= 0.6 is 0 Å². The highest BCUT2D eigenvalue weighted by molar-refractivity contribution is 5.84. The molecule has 2 rings (SSSR count). The van der Waals surface area contributed by atoms with Crippen LogP contribution in [0.25, 0.3) is 0 Å². The van der Waals surface area contributed by atoms with Crippen LogP contribution in [0.4, 0.5) is 0 Å². The quantitative estimate of drug-likeness (QED) is 0.891. The maximum atomic E-state index is 12.8. The Kier molecular flexibility index (Phi) is 5.15. The highest BCUT2D eigenvalue weighted by Gasteiger charge is 2.30. The second-order valence-electron chi connectivity index (χ2n) is 5.26. The molecule has 0 saturated heterocycles. The van der Waals surface area contributed by atoms with Crippen LogP contribution in [-0.2, 0) is 16.0 Å². The van der Waals surface area contributed by atoms with Gasteiger partial charge in [0, 0.05) is 20.2 Å². The van der Waals surface area contributed by atoms with E-state index in [1.165, 1.54) is 5.56 Å². The molecule has 0 aliphatic carbocycles. The van der Waals surface area contributed by atoms with Crippen molar-refractivity contribution in [1.29, 1.82) is 0 Å². The van der Waals surface area contributed by atoms with Gasteiger partial charge in [0.2, 0.25) is 5.91 Å². The Morgan fingerprint density at radius 1 is 1.50 bits per heavy atom. The summed E-state index contributed by atoms with van der Waals surface area (Å²) in [5.41, 5.74) is 2.40. The molecule has 0 bridgehead atoms. The Morgan fingerprint density at radius 2 is 2.25 bits per heavy atom. The van der Waals surface area contributed by atoms with E-state index in [4.69, 9.17) is 4.74 Å². The summed E-state index contributed by atoms with van der Waals surface area (Å²) in [5, 5.41) is 3.35. The second kappa shape index (κ2) is 6.86. The highest BCUT2D eigenvalue weighted by Crippen LogP contribution is 2.25. The van der Waals surface area contributed by atoms with Gasteiger partial charge in [0.05, 0.1) is 12.6 Å². The fraction of sp³-hybridized carbons (Fsp3) is 0.562. The predicted octanol–water partition coefficient (Wildman–Crippen LogP) is 1.76. The predicted molar refractivity (Wildman–Crippen MR) is 79.6 cm³/mol. The van der Waals surface area contributed by atoms with Gasteiger partial charge in [-0.15, -0.1) is 0 Å². The molecular weight excluding hydrogens is 252 g/mol. The molecule has 1 amide bonds. The van der Waals surface area contributed by atoms with Crippen LogP contribution in [0.5, 0.6) is 0 Å². The molecule has 0 fully saturated rings. The first-order valence-corrected chi connectivity index (χ1v) is 7.29. The highest BCUT2D eigenvalue weighted by atomic mass is 16.5. The van der Waals surface area contributed by atoms with E-state index in [1.807, 2.05) is 30.9 Å². The zero-order valence-electron chi connectivity index (χ0n) is 12.6. The van der Waals surface area contributed by atoms with E-state index in [9.17, 15) is 4.79 Å². The molecule has 0 radical (unpaired) electrons. The molecule has 4 heteroatoms. The number of likely N-dealkylation sites (N-methyl/N-ethyl adjacent to an activating group) is 1. The molecule has 1 aromatic rings. The molecule has 2 unspecified atom stereocenters. The lowest BCUT2D eigenvalue weighted by Crippen LogP contribution is -2.48. The first-order chi connectivity index (χ1) is 9.69. The number of carbonyl (C=O) groups is 1. The van der Waals surface area contributed by atoms with Gasteiger partial charge in [0.15, 0.2) is 0 Å². The van der Waals surface area contributed by atoms with Gasteiger partial charge in [-0.25, -0.2) is 0 Å². The standard InChI is InChI=1S/C16H24N2O2/c1-4-18(12(2)11-20-3)16(19)15-14-8-6-5-7-13(14)9-10-17-15/h5-8,12,15,17H,4,9-11H2,1-3H3. The molecule has 1 aromatic carbocycles. The van der Waals surface area contributed by atoms with Gasteiger partial charge in [0.1, 0.15) is 6.04 Å². The van der Waals surface area contributed by atoms with Crippen molar-refractivity contribution in [2.75, 3.05) is 26.8 Å². The molecule has 2 atom stereocenters. The van der Waals surface area contributed by atoms with E-state index < -0.39 is 0 Å². The van der Waals surface area contributed by atoms with Crippen LogP contribution in [0.15, 0.2) is 24.3 Å². The number of nitrogens with one attached hydrogen (secondary N) is 1. The van der Waals surface area contributed by atoms with Crippen molar-refractivity contribution in [2.45, 2.75) is 32.4 Å². The number of ether oxygens (including phenoxy) is 1. The summed E-state index contributed by atoms with van der Waals surface area (Å²) in [6, 6.07) is 8.08. The summed E-state index contributed by atoms with van der Waals surface area (Å²) in [6.07, 6.45) is 0.986. The number of hydrogen-bond acceptors (Lipinski definition) is 3. The van der Waals surface area contributed by atoms with E-state index in [-0.39, 0.29) is 18.0 Å². The minimum atomic E-state index is -0.223. The zero-order valence-corrected chi connectivity index (χ0v) is 12.6. The van der Waals surface area contributed by atoms with Crippen molar-refractivity contribution in [2.24, 2.45) is 0 Å². The van der Waals surface area contributed by atoms with Crippen molar-refractivity contribution in [3.63, 3.8) is 0 Å². The molecule has 0 saturated carbocycles. The number of nitrogens with zero attached hydrogens (tertiary/aromatic N) is 1. The van der Waals surface area contributed by atoms with Crippen molar-refractivity contribution >= 4 is 5.91 Å². The summed E-state index contributed by atoms with van der Waals surface area (Å²) in [6.45, 7) is 6.15. The Bertz CT molecular complexity index is 462. The summed E-state index contributed by atoms with van der Waals surface area (Å²) in [5.74, 6) is 0.143. The molecule has 0 spiro atoms. The maximum absolute atomic E-state index is 12.8. The van der Waals surface area contributed by atoms with Crippen molar-refractivity contribution in [3.8, 4) is 0 Å². The van der Waals surface area contributed by atoms with E-state index in [0.717, 1.165) is 18.5 Å². The van der Waals surface area contributed by atoms with E-state index in [1.54, 1.807) is 7.11 Å². The number of hydrogen-bond donors (Lipinski definition) is 1. The Balaban J connectivity index is 2.20. The lowest BCUT2D eigenvalue weighted by molar-refractivity contribution is -0.136. The zero-order chi connectivity index (χ0) is 14.5. The largest absolute Gasteiger partial charge is 0.383 e. The molecular formula is C16H24N2O2. The fourth-order valence-electron chi connectivity index (χ4n) is 2.91. The molecule has 1 N–H and O–H groups in total. The average molecular weight is 276 g/mol. The van der Waals surface area contributed by atoms with Gasteiger partial charge in [-0.2, -0.15) is 0 Å². The van der Waals surface area contributed by atoms with Gasteiger partial charge in [-0.1, -0.05) is 24.3 Å². The Labute approximate surface area is 121 Å². The Hall–Kier alpha value is -1.39. The Morgan fingerprint density at radius 3 is 2.95 bits per heavy atom. The van der Waals surface area contributed by atoms with Crippen LogP contribution in [-0.4, -0.2) is 43.7 Å². The van der Waals surface area contributed by atoms with Crippen molar-refractivity contribution in [1.82, 2.24) is 10.2 Å². The van der Waals surface area contributed by atoms with Gasteiger partial charge >= 0.3 is 0 Å². The topological polar surface area (TPSA) is 41.6 Å². The monoisotopic (exact) mass is 276 g/mol. The van der Waals surface area contributed by atoms with Crippen LogP contribution < -0.4 is 5.32 Å². The first-order valence-electron chi connectivity index (χ1n) is 7.29. The van der Waals surface area contributed by atoms with Gasteiger partial charge < -0.3 is 15.0 Å².